The van der Waals surface area contributed by atoms with E-state index in [0.29, 0.717) is 30.2 Å². The number of benzene rings is 2. The minimum Gasteiger partial charge on any atom is -0.469 e. The molecule has 0 spiro atoms. The molecule has 3 aromatic rings. The Hall–Kier alpha value is -3.69. The van der Waals surface area contributed by atoms with Gasteiger partial charge in [-0.2, -0.15) is 0 Å². The highest BCUT2D eigenvalue weighted by molar-refractivity contribution is 6.31. The molecule has 0 aliphatic rings. The van der Waals surface area contributed by atoms with Gasteiger partial charge in [0.15, 0.2) is 0 Å². The maximum Gasteiger partial charge on any atom is 0.412 e. The zero-order valence-electron chi connectivity index (χ0n) is 20.0. The highest BCUT2D eigenvalue weighted by atomic mass is 35.5. The van der Waals surface area contributed by atoms with E-state index in [-0.39, 0.29) is 31.4 Å². The van der Waals surface area contributed by atoms with Crippen LogP contribution in [0.25, 0.3) is 10.8 Å². The molecule has 3 rings (SSSR count). The molecule has 0 radical (unpaired) electrons. The molecule has 1 aromatic heterocycles. The number of halogens is 1. The van der Waals surface area contributed by atoms with Gasteiger partial charge < -0.3 is 20.1 Å². The Labute approximate surface area is 214 Å². The predicted molar refractivity (Wildman–Crippen MR) is 138 cm³/mol. The Morgan fingerprint density at radius 1 is 1.06 bits per heavy atom. The monoisotopic (exact) mass is 512 g/mol. The van der Waals surface area contributed by atoms with E-state index in [0.717, 1.165) is 16.3 Å². The van der Waals surface area contributed by atoms with Crippen LogP contribution in [0.4, 0.5) is 10.6 Å². The van der Waals surface area contributed by atoms with Crippen molar-refractivity contribution in [1.29, 1.82) is 0 Å². The first-order chi connectivity index (χ1) is 17.4. The number of carbonyl (C=O) groups is 3. The van der Waals surface area contributed by atoms with Crippen molar-refractivity contribution in [3.8, 4) is 0 Å². The highest BCUT2D eigenvalue weighted by Crippen LogP contribution is 2.16. The van der Waals surface area contributed by atoms with E-state index >= 15 is 0 Å². The molecule has 0 fully saturated rings. The molecule has 36 heavy (non-hydrogen) atoms. The van der Waals surface area contributed by atoms with Gasteiger partial charge in [0.05, 0.1) is 19.7 Å². The van der Waals surface area contributed by atoms with Gasteiger partial charge in [0.2, 0.25) is 5.91 Å². The predicted octanol–water partition coefficient (Wildman–Crippen LogP) is 4.05. The first-order valence-electron chi connectivity index (χ1n) is 11.5. The summed E-state index contributed by atoms with van der Waals surface area (Å²) in [4.78, 5) is 40.5. The fraction of sp³-hybridized carbons (Fsp3) is 0.308. The maximum absolute atomic E-state index is 12.5. The summed E-state index contributed by atoms with van der Waals surface area (Å²) in [6.45, 7) is 0.403. The lowest BCUT2D eigenvalue weighted by atomic mass is 10.1. The number of nitrogens with one attached hydrogen (secondary N) is 3. The maximum atomic E-state index is 12.5. The molecular weight excluding hydrogens is 484 g/mol. The van der Waals surface area contributed by atoms with Crippen LogP contribution in [0.3, 0.4) is 0 Å². The summed E-state index contributed by atoms with van der Waals surface area (Å²) in [5, 5.41) is 11.0. The van der Waals surface area contributed by atoms with Crippen LogP contribution in [-0.2, 0) is 25.6 Å². The summed E-state index contributed by atoms with van der Waals surface area (Å²) in [5.41, 5.74) is 0.879. The summed E-state index contributed by atoms with van der Waals surface area (Å²) < 4.78 is 10.00. The third-order valence-electron chi connectivity index (χ3n) is 5.36. The first kappa shape index (κ1) is 26.9. The molecule has 0 aliphatic heterocycles. The number of anilines is 1. The molecule has 0 saturated carbocycles. The number of nitrogens with zero attached hydrogens (tertiary/aromatic N) is 1. The number of aromatic nitrogens is 1. The molecular formula is C26H29ClN4O5. The number of methoxy groups -OCH3 is 1. The second-order valence-electron chi connectivity index (χ2n) is 8.07. The average molecular weight is 513 g/mol. The van der Waals surface area contributed by atoms with E-state index in [1.807, 2.05) is 42.5 Å². The van der Waals surface area contributed by atoms with Gasteiger partial charge in [0.1, 0.15) is 12.4 Å². The molecule has 2 aromatic carbocycles. The van der Waals surface area contributed by atoms with Crippen LogP contribution in [0.2, 0.25) is 5.02 Å². The molecule has 10 heteroatoms. The summed E-state index contributed by atoms with van der Waals surface area (Å²) >= 11 is 6.14. The smallest absolute Gasteiger partial charge is 0.412 e. The average Bonchev–Trinajstić information content (AvgIpc) is 2.88. The quantitative estimate of drug-likeness (QED) is 0.313. The zero-order valence-corrected chi connectivity index (χ0v) is 20.7. The van der Waals surface area contributed by atoms with Gasteiger partial charge in [-0.25, -0.2) is 9.78 Å². The minimum absolute atomic E-state index is 0.0476. The van der Waals surface area contributed by atoms with Gasteiger partial charge in [-0.15, -0.1) is 0 Å². The molecule has 1 atom stereocenters. The van der Waals surface area contributed by atoms with Gasteiger partial charge >= 0.3 is 12.1 Å². The van der Waals surface area contributed by atoms with Gasteiger partial charge in [-0.3, -0.25) is 14.9 Å². The zero-order chi connectivity index (χ0) is 25.8. The van der Waals surface area contributed by atoms with Crippen LogP contribution >= 0.6 is 11.6 Å². The van der Waals surface area contributed by atoms with Crippen LogP contribution in [0.1, 0.15) is 24.8 Å². The van der Waals surface area contributed by atoms with Crippen molar-refractivity contribution < 1.29 is 23.9 Å². The van der Waals surface area contributed by atoms with Crippen LogP contribution in [0, 0.1) is 0 Å². The van der Waals surface area contributed by atoms with E-state index in [2.05, 4.69) is 25.7 Å². The van der Waals surface area contributed by atoms with Gasteiger partial charge in [-0.05, 0) is 35.9 Å². The molecule has 2 amide bonds. The third kappa shape index (κ3) is 8.83. The fourth-order valence-electron chi connectivity index (χ4n) is 3.49. The fourth-order valence-corrected chi connectivity index (χ4v) is 3.69. The van der Waals surface area contributed by atoms with Crippen molar-refractivity contribution in [1.82, 2.24) is 15.6 Å². The highest BCUT2D eigenvalue weighted by Gasteiger charge is 2.16. The SMILES string of the molecule is COC(=O)CCC[C@@H](COC(=O)Nc1cc2ccccc2cn1)NC(=O)CNCc1ccccc1Cl. The van der Waals surface area contributed by atoms with Crippen molar-refractivity contribution in [3.63, 3.8) is 0 Å². The lowest BCUT2D eigenvalue weighted by molar-refractivity contribution is -0.140. The number of rotatable bonds is 12. The summed E-state index contributed by atoms with van der Waals surface area (Å²) in [6, 6.07) is 16.3. The summed E-state index contributed by atoms with van der Waals surface area (Å²) in [7, 11) is 1.32. The summed E-state index contributed by atoms with van der Waals surface area (Å²) in [6.07, 6.45) is 2.05. The van der Waals surface area contributed by atoms with Crippen molar-refractivity contribution in [3.05, 3.63) is 71.4 Å². The minimum atomic E-state index is -0.693. The van der Waals surface area contributed by atoms with E-state index in [1.165, 1.54) is 7.11 Å². The van der Waals surface area contributed by atoms with Gasteiger partial charge in [0, 0.05) is 29.6 Å². The molecule has 0 unspecified atom stereocenters. The number of ether oxygens (including phenoxy) is 2. The lowest BCUT2D eigenvalue weighted by Crippen LogP contribution is -2.43. The second kappa shape index (κ2) is 14.0. The number of carbonyl (C=O) groups excluding carboxylic acids is 3. The molecule has 0 bridgehead atoms. The van der Waals surface area contributed by atoms with Crippen molar-refractivity contribution in [2.45, 2.75) is 31.8 Å². The molecule has 1 heterocycles. The van der Waals surface area contributed by atoms with Crippen molar-refractivity contribution >= 4 is 46.2 Å². The van der Waals surface area contributed by atoms with Crippen LogP contribution < -0.4 is 16.0 Å². The number of hydrogen-bond donors (Lipinski definition) is 3. The van der Waals surface area contributed by atoms with Crippen LogP contribution in [0.15, 0.2) is 60.8 Å². The lowest BCUT2D eigenvalue weighted by Gasteiger charge is -2.19. The van der Waals surface area contributed by atoms with Gasteiger partial charge in [-0.1, -0.05) is 54.1 Å². The number of pyridine rings is 1. The Balaban J connectivity index is 1.50. The first-order valence-corrected chi connectivity index (χ1v) is 11.9. The Kier molecular flexibility index (Phi) is 10.5. The van der Waals surface area contributed by atoms with Gasteiger partial charge in [0.25, 0.3) is 0 Å². The second-order valence-corrected chi connectivity index (χ2v) is 8.48. The Morgan fingerprint density at radius 3 is 2.58 bits per heavy atom. The van der Waals surface area contributed by atoms with E-state index in [9.17, 15) is 14.4 Å². The van der Waals surface area contributed by atoms with E-state index < -0.39 is 12.1 Å². The van der Waals surface area contributed by atoms with Crippen LogP contribution in [-0.4, -0.2) is 49.3 Å². The Bertz CT molecular complexity index is 1190. The molecule has 0 aliphatic carbocycles. The number of esters is 1. The third-order valence-corrected chi connectivity index (χ3v) is 5.73. The molecule has 3 N–H and O–H groups in total. The molecule has 9 nitrogen and oxygen atoms in total. The van der Waals surface area contributed by atoms with E-state index in [4.69, 9.17) is 16.3 Å². The van der Waals surface area contributed by atoms with Crippen molar-refractivity contribution in [2.24, 2.45) is 0 Å². The number of amides is 2. The van der Waals surface area contributed by atoms with E-state index in [1.54, 1.807) is 18.3 Å². The number of hydrogen-bond acceptors (Lipinski definition) is 7. The standard InChI is InChI=1S/C26H29ClN4O5/c1-35-25(33)12-6-10-21(30-24(32)16-28-14-20-9-4-5-11-22(20)27)17-36-26(34)31-23-13-18-7-2-3-8-19(18)15-29-23/h2-5,7-9,11,13,15,21,28H,6,10,12,14,16-17H2,1H3,(H,30,32)(H,29,31,34)/t21-/m0/s1. The van der Waals surface area contributed by atoms with Crippen molar-refractivity contribution in [2.75, 3.05) is 25.6 Å². The Morgan fingerprint density at radius 2 is 1.81 bits per heavy atom. The normalized spacial score (nSPS) is 11.5. The molecule has 190 valence electrons. The number of fused-ring (bicyclic) bond motifs is 1. The summed E-state index contributed by atoms with van der Waals surface area (Å²) in [5.74, 6) is -0.262. The van der Waals surface area contributed by atoms with Crippen LogP contribution in [0.5, 0.6) is 0 Å². The topological polar surface area (TPSA) is 119 Å². The largest absolute Gasteiger partial charge is 0.469 e. The molecule has 0 saturated heterocycles.